The lowest BCUT2D eigenvalue weighted by Crippen LogP contribution is -2.44. The van der Waals surface area contributed by atoms with E-state index in [0.29, 0.717) is 17.8 Å². The molecule has 2 heterocycles. The summed E-state index contributed by atoms with van der Waals surface area (Å²) in [5, 5.41) is 2.99. The summed E-state index contributed by atoms with van der Waals surface area (Å²) in [5.41, 5.74) is 3.33. The van der Waals surface area contributed by atoms with Crippen molar-refractivity contribution in [2.24, 2.45) is 0 Å². The van der Waals surface area contributed by atoms with Gasteiger partial charge in [-0.1, -0.05) is 60.7 Å². The smallest absolute Gasteiger partial charge is 0.277 e. The summed E-state index contributed by atoms with van der Waals surface area (Å²) in [5.74, 6) is -0.673. The van der Waals surface area contributed by atoms with Gasteiger partial charge in [-0.2, -0.15) is 0 Å². The van der Waals surface area contributed by atoms with Crippen LogP contribution in [0.1, 0.15) is 33.2 Å². The molecule has 2 amide bonds. The molecule has 0 radical (unpaired) electrons. The molecular weight excluding hydrogens is 412 g/mol. The van der Waals surface area contributed by atoms with Crippen molar-refractivity contribution in [3.05, 3.63) is 126 Å². The summed E-state index contributed by atoms with van der Waals surface area (Å²) in [6, 6.07) is 24.9. The fourth-order valence-electron chi connectivity index (χ4n) is 3.65. The number of carbonyl (C=O) groups excluding carboxylic acids is 2. The Bertz CT molecular complexity index is 1210. The number of hydrogen-bond donors (Lipinski definition) is 1. The maximum atomic E-state index is 13.8. The molecule has 2 aromatic heterocycles. The Morgan fingerprint density at radius 3 is 2.33 bits per heavy atom. The number of pyridine rings is 2. The molecule has 0 aliphatic rings. The summed E-state index contributed by atoms with van der Waals surface area (Å²) >= 11 is 0. The average Bonchev–Trinajstić information content (AvgIpc) is 2.88. The third-order valence-electron chi connectivity index (χ3n) is 5.29. The zero-order valence-corrected chi connectivity index (χ0v) is 18.3. The minimum Gasteiger partial charge on any atom is -0.350 e. The van der Waals surface area contributed by atoms with Crippen molar-refractivity contribution in [3.63, 3.8) is 0 Å². The van der Waals surface area contributed by atoms with Crippen LogP contribution in [0.3, 0.4) is 0 Å². The van der Waals surface area contributed by atoms with Crippen molar-refractivity contribution in [1.29, 1.82) is 0 Å². The van der Waals surface area contributed by atoms with Crippen molar-refractivity contribution in [2.45, 2.75) is 19.5 Å². The van der Waals surface area contributed by atoms with Crippen LogP contribution in [0.15, 0.2) is 104 Å². The number of carbonyl (C=O) groups is 2. The van der Waals surface area contributed by atoms with Crippen LogP contribution in [-0.4, -0.2) is 21.8 Å². The molecular formula is C27H24N4O2. The van der Waals surface area contributed by atoms with E-state index in [1.807, 2.05) is 61.5 Å². The predicted octanol–water partition coefficient (Wildman–Crippen LogP) is 4.49. The molecule has 0 unspecified atom stereocenters. The van der Waals surface area contributed by atoms with Gasteiger partial charge in [0.15, 0.2) is 0 Å². The van der Waals surface area contributed by atoms with E-state index >= 15 is 0 Å². The highest BCUT2D eigenvalue weighted by molar-refractivity contribution is 6.09. The third-order valence-corrected chi connectivity index (χ3v) is 5.29. The average molecular weight is 437 g/mol. The van der Waals surface area contributed by atoms with E-state index < -0.39 is 6.04 Å². The van der Waals surface area contributed by atoms with Gasteiger partial charge in [-0.3, -0.25) is 24.5 Å². The summed E-state index contributed by atoms with van der Waals surface area (Å²) < 4.78 is 0. The summed E-state index contributed by atoms with van der Waals surface area (Å²) in [6.07, 6.45) is 4.82. The quantitative estimate of drug-likeness (QED) is 0.463. The largest absolute Gasteiger partial charge is 0.350 e. The van der Waals surface area contributed by atoms with E-state index in [9.17, 15) is 9.59 Å². The summed E-state index contributed by atoms with van der Waals surface area (Å²) in [6.45, 7) is 2.26. The Labute approximate surface area is 192 Å². The van der Waals surface area contributed by atoms with Gasteiger partial charge in [-0.25, -0.2) is 0 Å². The van der Waals surface area contributed by atoms with Crippen LogP contribution in [0.5, 0.6) is 0 Å². The van der Waals surface area contributed by atoms with E-state index in [0.717, 1.165) is 11.1 Å². The van der Waals surface area contributed by atoms with Gasteiger partial charge in [-0.15, -0.1) is 0 Å². The first kappa shape index (κ1) is 21.9. The fourth-order valence-corrected chi connectivity index (χ4v) is 3.65. The van der Waals surface area contributed by atoms with Gasteiger partial charge in [0.25, 0.3) is 5.91 Å². The Kier molecular flexibility index (Phi) is 6.85. The van der Waals surface area contributed by atoms with Gasteiger partial charge in [0.1, 0.15) is 11.7 Å². The van der Waals surface area contributed by atoms with Crippen LogP contribution in [0.2, 0.25) is 0 Å². The van der Waals surface area contributed by atoms with Crippen LogP contribution in [0.4, 0.5) is 5.69 Å². The van der Waals surface area contributed by atoms with Crippen LogP contribution in [0, 0.1) is 6.92 Å². The molecule has 0 aliphatic heterocycles. The Morgan fingerprint density at radius 2 is 1.64 bits per heavy atom. The Balaban J connectivity index is 1.78. The topological polar surface area (TPSA) is 75.2 Å². The molecule has 0 fully saturated rings. The molecule has 33 heavy (non-hydrogen) atoms. The van der Waals surface area contributed by atoms with Gasteiger partial charge in [-0.05, 0) is 42.3 Å². The number of benzene rings is 2. The van der Waals surface area contributed by atoms with Gasteiger partial charge in [0, 0.05) is 36.4 Å². The first-order valence-corrected chi connectivity index (χ1v) is 10.7. The van der Waals surface area contributed by atoms with Crippen LogP contribution >= 0.6 is 0 Å². The number of nitrogens with one attached hydrogen (secondary N) is 1. The zero-order chi connectivity index (χ0) is 23.0. The Morgan fingerprint density at radius 1 is 0.879 bits per heavy atom. The van der Waals surface area contributed by atoms with Crippen LogP contribution in [0.25, 0.3) is 0 Å². The highest BCUT2D eigenvalue weighted by atomic mass is 16.2. The van der Waals surface area contributed by atoms with E-state index in [2.05, 4.69) is 15.3 Å². The SMILES string of the molecule is Cc1ccccc1N(C(=O)c1ccccn1)[C@H](C(=O)NCc1ccccc1)c1cccnc1. The predicted molar refractivity (Wildman–Crippen MR) is 127 cm³/mol. The molecule has 0 spiro atoms. The molecule has 164 valence electrons. The standard InChI is InChI=1S/C27H24N4O2/c1-20-10-5-6-15-24(20)31(27(33)23-14-7-8-17-29-23)25(22-13-9-16-28-19-22)26(32)30-18-21-11-3-2-4-12-21/h2-17,19,25H,18H2,1H3,(H,30,32)/t25-/m0/s1. The number of amides is 2. The highest BCUT2D eigenvalue weighted by Crippen LogP contribution is 2.31. The van der Waals surface area contributed by atoms with Crippen molar-refractivity contribution in [3.8, 4) is 0 Å². The minimum atomic E-state index is -0.932. The number of hydrogen-bond acceptors (Lipinski definition) is 4. The zero-order valence-electron chi connectivity index (χ0n) is 18.3. The number of rotatable bonds is 7. The summed E-state index contributed by atoms with van der Waals surface area (Å²) in [4.78, 5) is 37.3. The molecule has 6 heteroatoms. The van der Waals surface area contributed by atoms with Crippen LogP contribution in [-0.2, 0) is 11.3 Å². The maximum Gasteiger partial charge on any atom is 0.277 e. The number of nitrogens with zero attached hydrogens (tertiary/aromatic N) is 3. The van der Waals surface area contributed by atoms with Gasteiger partial charge >= 0.3 is 0 Å². The maximum absolute atomic E-state index is 13.8. The number of aromatic nitrogens is 2. The van der Waals surface area contributed by atoms with Gasteiger partial charge < -0.3 is 5.32 Å². The van der Waals surface area contributed by atoms with E-state index in [-0.39, 0.29) is 17.5 Å². The normalized spacial score (nSPS) is 11.4. The molecule has 4 rings (SSSR count). The molecule has 0 saturated heterocycles. The van der Waals surface area contributed by atoms with Gasteiger partial charge in [0.2, 0.25) is 5.91 Å². The molecule has 0 bridgehead atoms. The molecule has 0 aliphatic carbocycles. The number of anilines is 1. The molecule has 6 nitrogen and oxygen atoms in total. The molecule has 1 atom stereocenters. The van der Waals surface area contributed by atoms with E-state index in [1.165, 1.54) is 4.90 Å². The van der Waals surface area contributed by atoms with Crippen molar-refractivity contribution in [2.75, 3.05) is 4.90 Å². The third kappa shape index (κ3) is 5.13. The van der Waals surface area contributed by atoms with Gasteiger partial charge in [0.05, 0.1) is 0 Å². The second-order valence-electron chi connectivity index (χ2n) is 7.57. The second kappa shape index (κ2) is 10.3. The minimum absolute atomic E-state index is 0.255. The van der Waals surface area contributed by atoms with Crippen molar-refractivity contribution < 1.29 is 9.59 Å². The molecule has 1 N–H and O–H groups in total. The first-order chi connectivity index (χ1) is 16.1. The summed E-state index contributed by atoms with van der Waals surface area (Å²) in [7, 11) is 0. The number of para-hydroxylation sites is 1. The lowest BCUT2D eigenvalue weighted by Gasteiger charge is -2.32. The monoisotopic (exact) mass is 436 g/mol. The number of aryl methyl sites for hydroxylation is 1. The van der Waals surface area contributed by atoms with E-state index in [4.69, 9.17) is 0 Å². The Hall–Kier alpha value is -4.32. The van der Waals surface area contributed by atoms with Crippen molar-refractivity contribution in [1.82, 2.24) is 15.3 Å². The fraction of sp³-hybridized carbons (Fsp3) is 0.111. The molecule has 4 aromatic rings. The van der Waals surface area contributed by atoms with Crippen molar-refractivity contribution >= 4 is 17.5 Å². The molecule has 2 aromatic carbocycles. The first-order valence-electron chi connectivity index (χ1n) is 10.7. The lowest BCUT2D eigenvalue weighted by molar-refractivity contribution is -0.122. The molecule has 0 saturated carbocycles. The highest BCUT2D eigenvalue weighted by Gasteiger charge is 2.34. The second-order valence-corrected chi connectivity index (χ2v) is 7.57. The van der Waals surface area contributed by atoms with Crippen LogP contribution < -0.4 is 10.2 Å². The lowest BCUT2D eigenvalue weighted by atomic mass is 10.0. The van der Waals surface area contributed by atoms with E-state index in [1.54, 1.807) is 48.9 Å².